The Labute approximate surface area is 102 Å². The molecule has 2 rings (SSSR count). The van der Waals surface area contributed by atoms with Gasteiger partial charge < -0.3 is 15.5 Å². The number of nitrogens with two attached hydrogens (primary N) is 1. The Morgan fingerprint density at radius 3 is 2.78 bits per heavy atom. The van der Waals surface area contributed by atoms with E-state index >= 15 is 0 Å². The van der Waals surface area contributed by atoms with Crippen LogP contribution in [0.5, 0.6) is 0 Å². The molecular weight excluding hydrogens is 236 g/mol. The third kappa shape index (κ3) is 2.15. The Hall–Kier alpha value is -2.44. The van der Waals surface area contributed by atoms with E-state index in [1.54, 1.807) is 6.07 Å². The zero-order valence-corrected chi connectivity index (χ0v) is 10.1. The van der Waals surface area contributed by atoms with Crippen molar-refractivity contribution in [1.82, 2.24) is 9.55 Å². The second kappa shape index (κ2) is 4.44. The summed E-state index contributed by atoms with van der Waals surface area (Å²) in [4.78, 5) is 25.0. The van der Waals surface area contributed by atoms with Crippen LogP contribution in [-0.4, -0.2) is 9.55 Å². The fourth-order valence-corrected chi connectivity index (χ4v) is 1.56. The van der Waals surface area contributed by atoms with Gasteiger partial charge in [0, 0.05) is 7.05 Å². The molecule has 0 aliphatic rings. The summed E-state index contributed by atoms with van der Waals surface area (Å²) in [5, 5.41) is 2.86. The minimum atomic E-state index is -0.545. The van der Waals surface area contributed by atoms with Crippen molar-refractivity contribution >= 4 is 11.5 Å². The number of hydrogen-bond donors (Lipinski definition) is 3. The van der Waals surface area contributed by atoms with Gasteiger partial charge in [-0.3, -0.25) is 14.3 Å². The van der Waals surface area contributed by atoms with Crippen LogP contribution in [0.15, 0.2) is 26.1 Å². The summed E-state index contributed by atoms with van der Waals surface area (Å²) in [6.07, 6.45) is 0. The van der Waals surface area contributed by atoms with Crippen LogP contribution < -0.4 is 22.3 Å². The molecule has 96 valence electrons. The topological polar surface area (TPSA) is 106 Å². The van der Waals surface area contributed by atoms with E-state index in [9.17, 15) is 9.59 Å². The van der Waals surface area contributed by atoms with E-state index in [1.807, 2.05) is 13.0 Å². The standard InChI is InChI=1S/C11H14N4O3/c1-6-3-4-7(18-6)5-13-8-9(12)15(2)11(17)14-10(8)16/h3-4,13H,5,12H2,1-2H3,(H,14,16,17). The van der Waals surface area contributed by atoms with Crippen LogP contribution >= 0.6 is 0 Å². The van der Waals surface area contributed by atoms with E-state index in [4.69, 9.17) is 10.2 Å². The molecule has 2 heterocycles. The van der Waals surface area contributed by atoms with Crippen molar-refractivity contribution < 1.29 is 4.42 Å². The third-order valence-corrected chi connectivity index (χ3v) is 2.61. The highest BCUT2D eigenvalue weighted by Gasteiger charge is 2.10. The minimum absolute atomic E-state index is 0.0898. The normalized spacial score (nSPS) is 10.6. The summed E-state index contributed by atoms with van der Waals surface area (Å²) in [7, 11) is 1.48. The maximum atomic E-state index is 11.6. The van der Waals surface area contributed by atoms with Crippen LogP contribution in [0.2, 0.25) is 0 Å². The van der Waals surface area contributed by atoms with Gasteiger partial charge in [0.15, 0.2) is 0 Å². The summed E-state index contributed by atoms with van der Waals surface area (Å²) in [5.41, 5.74) is 4.77. The number of H-pyrrole nitrogens is 1. The molecule has 7 nitrogen and oxygen atoms in total. The lowest BCUT2D eigenvalue weighted by atomic mass is 10.4. The molecule has 0 unspecified atom stereocenters. The first-order valence-electron chi connectivity index (χ1n) is 5.37. The number of aromatic amines is 1. The van der Waals surface area contributed by atoms with Crippen molar-refractivity contribution in [3.8, 4) is 0 Å². The predicted octanol–water partition coefficient (Wildman–Crippen LogP) is 0.169. The molecule has 0 aromatic carbocycles. The van der Waals surface area contributed by atoms with Gasteiger partial charge in [-0.25, -0.2) is 4.79 Å². The summed E-state index contributed by atoms with van der Waals surface area (Å²) in [6.45, 7) is 2.15. The van der Waals surface area contributed by atoms with Crippen LogP contribution in [0.25, 0.3) is 0 Å². The highest BCUT2D eigenvalue weighted by Crippen LogP contribution is 2.12. The summed E-state index contributed by atoms with van der Waals surface area (Å²) in [5.74, 6) is 1.56. The number of aromatic nitrogens is 2. The van der Waals surface area contributed by atoms with Crippen LogP contribution in [0.3, 0.4) is 0 Å². The van der Waals surface area contributed by atoms with Crippen LogP contribution in [0, 0.1) is 6.92 Å². The summed E-state index contributed by atoms with van der Waals surface area (Å²) >= 11 is 0. The van der Waals surface area contributed by atoms with Gasteiger partial charge in [0.25, 0.3) is 5.56 Å². The van der Waals surface area contributed by atoms with E-state index in [1.165, 1.54) is 7.05 Å². The Kier molecular flexibility index (Phi) is 2.97. The van der Waals surface area contributed by atoms with Crippen molar-refractivity contribution in [3.05, 3.63) is 44.5 Å². The Bertz CT molecular complexity index is 680. The fourth-order valence-electron chi connectivity index (χ4n) is 1.56. The molecule has 2 aromatic heterocycles. The zero-order valence-electron chi connectivity index (χ0n) is 10.1. The first-order valence-corrected chi connectivity index (χ1v) is 5.37. The van der Waals surface area contributed by atoms with Crippen molar-refractivity contribution in [2.24, 2.45) is 7.05 Å². The highest BCUT2D eigenvalue weighted by molar-refractivity contribution is 5.60. The Balaban J connectivity index is 2.27. The maximum absolute atomic E-state index is 11.6. The second-order valence-corrected chi connectivity index (χ2v) is 3.94. The van der Waals surface area contributed by atoms with Crippen molar-refractivity contribution in [1.29, 1.82) is 0 Å². The molecule has 0 radical (unpaired) electrons. The predicted molar refractivity (Wildman–Crippen MR) is 67.5 cm³/mol. The average molecular weight is 250 g/mol. The maximum Gasteiger partial charge on any atom is 0.329 e. The summed E-state index contributed by atoms with van der Waals surface area (Å²) < 4.78 is 6.52. The first-order chi connectivity index (χ1) is 8.49. The molecule has 0 atom stereocenters. The number of rotatable bonds is 3. The van der Waals surface area contributed by atoms with Crippen LogP contribution in [0.4, 0.5) is 11.5 Å². The second-order valence-electron chi connectivity index (χ2n) is 3.94. The fraction of sp³-hybridized carbons (Fsp3) is 0.273. The Morgan fingerprint density at radius 1 is 1.44 bits per heavy atom. The molecule has 0 aliphatic carbocycles. The van der Waals surface area contributed by atoms with E-state index in [0.717, 1.165) is 10.3 Å². The van der Waals surface area contributed by atoms with Gasteiger partial charge in [-0.05, 0) is 19.1 Å². The lowest BCUT2D eigenvalue weighted by Gasteiger charge is -2.09. The average Bonchev–Trinajstić information content (AvgIpc) is 2.72. The molecule has 0 aliphatic heterocycles. The van der Waals surface area contributed by atoms with Crippen molar-refractivity contribution in [2.45, 2.75) is 13.5 Å². The highest BCUT2D eigenvalue weighted by atomic mass is 16.3. The van der Waals surface area contributed by atoms with E-state index in [0.29, 0.717) is 12.3 Å². The van der Waals surface area contributed by atoms with Gasteiger partial charge >= 0.3 is 5.69 Å². The van der Waals surface area contributed by atoms with Gasteiger partial charge in [-0.2, -0.15) is 0 Å². The summed E-state index contributed by atoms with van der Waals surface area (Å²) in [6, 6.07) is 3.63. The van der Waals surface area contributed by atoms with Crippen molar-refractivity contribution in [3.63, 3.8) is 0 Å². The van der Waals surface area contributed by atoms with Gasteiger partial charge in [-0.15, -0.1) is 0 Å². The molecule has 2 aromatic rings. The third-order valence-electron chi connectivity index (χ3n) is 2.61. The SMILES string of the molecule is Cc1ccc(CNc2c(N)n(C)c(=O)[nH]c2=O)o1. The number of anilines is 2. The number of furan rings is 1. The minimum Gasteiger partial charge on any atom is -0.465 e. The Morgan fingerprint density at radius 2 is 2.17 bits per heavy atom. The largest absolute Gasteiger partial charge is 0.465 e. The molecule has 0 bridgehead atoms. The molecule has 0 saturated carbocycles. The zero-order chi connectivity index (χ0) is 13.3. The van der Waals surface area contributed by atoms with Gasteiger partial charge in [-0.1, -0.05) is 0 Å². The van der Waals surface area contributed by atoms with Gasteiger partial charge in [0.1, 0.15) is 23.0 Å². The molecule has 4 N–H and O–H groups in total. The molecule has 18 heavy (non-hydrogen) atoms. The quantitative estimate of drug-likeness (QED) is 0.720. The number of hydrogen-bond acceptors (Lipinski definition) is 5. The van der Waals surface area contributed by atoms with Crippen molar-refractivity contribution in [2.75, 3.05) is 11.1 Å². The molecule has 0 amide bonds. The molecule has 0 saturated heterocycles. The van der Waals surface area contributed by atoms with Crippen LogP contribution in [-0.2, 0) is 13.6 Å². The van der Waals surface area contributed by atoms with Crippen LogP contribution in [0.1, 0.15) is 11.5 Å². The number of nitrogen functional groups attached to an aromatic ring is 1. The monoisotopic (exact) mass is 250 g/mol. The van der Waals surface area contributed by atoms with Gasteiger partial charge in [0.2, 0.25) is 0 Å². The van der Waals surface area contributed by atoms with E-state index in [2.05, 4.69) is 10.3 Å². The lowest BCUT2D eigenvalue weighted by Crippen LogP contribution is -2.32. The number of aryl methyl sites for hydroxylation is 1. The number of nitrogens with one attached hydrogen (secondary N) is 2. The van der Waals surface area contributed by atoms with E-state index < -0.39 is 11.2 Å². The molecule has 0 fully saturated rings. The first kappa shape index (κ1) is 12.0. The lowest BCUT2D eigenvalue weighted by molar-refractivity contribution is 0.490. The molecular formula is C11H14N4O3. The van der Waals surface area contributed by atoms with E-state index in [-0.39, 0.29) is 11.5 Å². The van der Waals surface area contributed by atoms with Gasteiger partial charge in [0.05, 0.1) is 6.54 Å². The molecule has 0 spiro atoms. The smallest absolute Gasteiger partial charge is 0.329 e. The molecule has 7 heteroatoms. The number of nitrogens with zero attached hydrogens (tertiary/aromatic N) is 1.